The number of amides is 1. The van der Waals surface area contributed by atoms with Crippen molar-refractivity contribution in [1.82, 2.24) is 20.5 Å². The highest BCUT2D eigenvalue weighted by Gasteiger charge is 2.54. The first kappa shape index (κ1) is 39.6. The lowest BCUT2D eigenvalue weighted by molar-refractivity contribution is -0.193. The maximum atomic E-state index is 13.2. The van der Waals surface area contributed by atoms with E-state index in [1.807, 2.05) is 36.4 Å². The number of aromatic amines is 1. The Labute approximate surface area is 281 Å². The second-order valence-electron chi connectivity index (χ2n) is 11.4. The van der Waals surface area contributed by atoms with Gasteiger partial charge in [0, 0.05) is 38.6 Å². The van der Waals surface area contributed by atoms with Gasteiger partial charge in [-0.2, -0.15) is 26.3 Å². The number of hydrogen-bond acceptors (Lipinski definition) is 9. The van der Waals surface area contributed by atoms with Gasteiger partial charge < -0.3 is 30.7 Å². The fourth-order valence-electron chi connectivity index (χ4n) is 5.35. The van der Waals surface area contributed by atoms with Crippen LogP contribution < -0.4 is 15.5 Å². The highest BCUT2D eigenvalue weighted by atomic mass is 32.1. The van der Waals surface area contributed by atoms with Crippen LogP contribution in [0.5, 0.6) is 5.75 Å². The van der Waals surface area contributed by atoms with Gasteiger partial charge in [-0.05, 0) is 43.0 Å². The second-order valence-corrected chi connectivity index (χ2v) is 12.4. The molecule has 2 aromatic carbocycles. The summed E-state index contributed by atoms with van der Waals surface area (Å²) in [6, 6.07) is 13.3. The number of hydrogen-bond donors (Lipinski definition) is 5. The molecular formula is C32H38F6N4O6S. The van der Waals surface area contributed by atoms with E-state index in [0.29, 0.717) is 44.2 Å². The quantitative estimate of drug-likeness (QED) is 0.0925. The van der Waals surface area contributed by atoms with E-state index in [0.717, 1.165) is 53.0 Å². The van der Waals surface area contributed by atoms with E-state index in [1.54, 1.807) is 6.07 Å². The Bertz CT molecular complexity index is 1560. The van der Waals surface area contributed by atoms with E-state index in [9.17, 15) is 55.7 Å². The largest absolute Gasteiger partial charge is 0.506 e. The van der Waals surface area contributed by atoms with E-state index < -0.39 is 30.0 Å². The number of carbonyl (C=O) groups excluding carboxylic acids is 3. The average molecular weight is 721 g/mol. The van der Waals surface area contributed by atoms with Crippen LogP contribution in [0.25, 0.3) is 10.2 Å². The van der Waals surface area contributed by atoms with E-state index in [-0.39, 0.29) is 16.5 Å². The molecule has 49 heavy (non-hydrogen) atoms. The minimum Gasteiger partial charge on any atom is -0.506 e. The zero-order valence-electron chi connectivity index (χ0n) is 26.3. The number of aromatic nitrogens is 1. The molecule has 0 radical (unpaired) electrons. The highest BCUT2D eigenvalue weighted by Crippen LogP contribution is 2.28. The molecule has 17 heteroatoms. The van der Waals surface area contributed by atoms with Gasteiger partial charge in [0.25, 0.3) is 0 Å². The molecule has 4 rings (SSSR count). The van der Waals surface area contributed by atoms with Gasteiger partial charge in [-0.15, -0.1) is 0 Å². The maximum Gasteiger partial charge on any atom is 0.458 e. The Kier molecular flexibility index (Phi) is 14.8. The van der Waals surface area contributed by atoms with Crippen LogP contribution >= 0.6 is 11.3 Å². The molecule has 1 atom stereocenters. The van der Waals surface area contributed by atoms with Crippen LogP contribution in [0.15, 0.2) is 47.3 Å². The number of nitrogens with zero attached hydrogens (tertiary/aromatic N) is 1. The minimum atomic E-state index is -5.77. The molecule has 1 fully saturated rings. The summed E-state index contributed by atoms with van der Waals surface area (Å²) in [5.41, 5.74) is 2.40. The Morgan fingerprint density at radius 2 is 1.53 bits per heavy atom. The first-order chi connectivity index (χ1) is 23.1. The average Bonchev–Trinajstić information content (AvgIpc) is 3.47. The van der Waals surface area contributed by atoms with Crippen molar-refractivity contribution >= 4 is 39.0 Å². The van der Waals surface area contributed by atoms with Crippen LogP contribution in [0.3, 0.4) is 0 Å². The first-order valence-corrected chi connectivity index (χ1v) is 16.4. The molecule has 0 saturated heterocycles. The maximum absolute atomic E-state index is 13.2. The second kappa shape index (κ2) is 18.3. The van der Waals surface area contributed by atoms with Crippen molar-refractivity contribution in [1.29, 1.82) is 0 Å². The number of thiazole rings is 1. The molecule has 1 heterocycles. The monoisotopic (exact) mass is 720 g/mol. The van der Waals surface area contributed by atoms with Gasteiger partial charge in [-0.3, -0.25) is 19.2 Å². The number of H-pyrrole nitrogens is 1. The van der Waals surface area contributed by atoms with Crippen LogP contribution in [-0.2, 0) is 20.8 Å². The molecule has 10 nitrogen and oxygen atoms in total. The topological polar surface area (TPSA) is 152 Å². The Morgan fingerprint density at radius 1 is 0.898 bits per heavy atom. The third-order valence-corrected chi connectivity index (χ3v) is 8.79. The number of ketones is 2. The van der Waals surface area contributed by atoms with E-state index in [2.05, 4.69) is 20.5 Å². The predicted octanol–water partition coefficient (Wildman–Crippen LogP) is 4.55. The smallest absolute Gasteiger partial charge is 0.458 e. The van der Waals surface area contributed by atoms with Crippen molar-refractivity contribution in [3.05, 3.63) is 63.3 Å². The number of phenols is 1. The Hall–Kier alpha value is -3.80. The van der Waals surface area contributed by atoms with Crippen molar-refractivity contribution in [3.63, 3.8) is 0 Å². The summed E-state index contributed by atoms with van der Waals surface area (Å²) in [5, 5.41) is 27.0. The summed E-state index contributed by atoms with van der Waals surface area (Å²) in [5.74, 6) is -6.56. The molecule has 0 aliphatic heterocycles. The number of aromatic hydroxyl groups is 1. The molecule has 1 aliphatic carbocycles. The molecule has 3 aromatic rings. The predicted molar refractivity (Wildman–Crippen MR) is 170 cm³/mol. The number of benzene rings is 2. The number of phenolic OH excluding ortho intramolecular Hbond substituents is 1. The number of alkyl halides is 6. The van der Waals surface area contributed by atoms with Gasteiger partial charge in [-0.25, -0.2) is 0 Å². The summed E-state index contributed by atoms with van der Waals surface area (Å²) in [6.45, 7) is 3.04. The highest BCUT2D eigenvalue weighted by molar-refractivity contribution is 7.16. The van der Waals surface area contributed by atoms with Crippen molar-refractivity contribution in [2.75, 3.05) is 32.7 Å². The minimum absolute atomic E-state index is 0.0933. The lowest BCUT2D eigenvalue weighted by Gasteiger charge is -2.34. The van der Waals surface area contributed by atoms with Gasteiger partial charge in [0.1, 0.15) is 11.3 Å². The van der Waals surface area contributed by atoms with Crippen LogP contribution in [0.4, 0.5) is 26.3 Å². The number of fused-ring (bicyclic) bond motifs is 1. The van der Waals surface area contributed by atoms with E-state index >= 15 is 0 Å². The molecule has 0 bridgehead atoms. The summed E-state index contributed by atoms with van der Waals surface area (Å²) in [4.78, 5) is 48.7. The van der Waals surface area contributed by atoms with Gasteiger partial charge in [0.15, 0.2) is 0 Å². The fraction of sp³-hybridized carbons (Fsp3) is 0.500. The number of nitrogens with one attached hydrogen (secondary N) is 3. The number of halogens is 6. The Balaban J connectivity index is 0.000000463. The first-order valence-electron chi connectivity index (χ1n) is 15.6. The Morgan fingerprint density at radius 3 is 2.14 bits per heavy atom. The van der Waals surface area contributed by atoms with Gasteiger partial charge in [0.05, 0.1) is 10.8 Å². The summed E-state index contributed by atoms with van der Waals surface area (Å²) in [7, 11) is 0. The zero-order valence-corrected chi connectivity index (χ0v) is 27.1. The van der Waals surface area contributed by atoms with Crippen molar-refractivity contribution in [2.24, 2.45) is 0 Å². The van der Waals surface area contributed by atoms with Crippen molar-refractivity contribution < 1.29 is 50.9 Å². The third kappa shape index (κ3) is 12.2. The van der Waals surface area contributed by atoms with Gasteiger partial charge in [-0.1, -0.05) is 67.0 Å². The van der Waals surface area contributed by atoms with Crippen LogP contribution in [0.2, 0.25) is 0 Å². The normalized spacial score (nSPS) is 14.6. The third-order valence-electron chi connectivity index (χ3n) is 7.83. The molecule has 1 amide bonds. The van der Waals surface area contributed by atoms with Crippen LogP contribution in [-0.4, -0.2) is 88.7 Å². The molecule has 1 aliphatic rings. The summed E-state index contributed by atoms with van der Waals surface area (Å²) >= 11 is 1.12. The van der Waals surface area contributed by atoms with Crippen molar-refractivity contribution in [2.45, 2.75) is 69.4 Å². The molecular weight excluding hydrogens is 682 g/mol. The molecule has 5 N–H and O–H groups in total. The van der Waals surface area contributed by atoms with E-state index in [1.165, 1.54) is 19.3 Å². The van der Waals surface area contributed by atoms with Crippen LogP contribution in [0, 0.1) is 0 Å². The molecule has 1 saturated carbocycles. The number of aliphatic hydroxyl groups is 1. The fourth-order valence-corrected chi connectivity index (χ4v) is 6.25. The lowest BCUT2D eigenvalue weighted by Crippen LogP contribution is -2.45. The number of carbonyl (C=O) groups is 3. The summed E-state index contributed by atoms with van der Waals surface area (Å²) in [6.07, 6.45) is -5.29. The lowest BCUT2D eigenvalue weighted by atomic mass is 9.94. The SMILES string of the molecule is O=C(C(=O)C(F)(F)F)C(F)(F)F.O=C(CCNC[C@@H](O)c1ccccc1)N(CCNCCc1ccc(O)c2[nH]c(=O)sc12)C1CCCCC1. The summed E-state index contributed by atoms with van der Waals surface area (Å²) < 4.78 is 67.8. The molecule has 0 unspecified atom stereocenters. The number of Topliss-reactive ketones (excluding diaryl/α,β-unsaturated/α-hetero) is 2. The van der Waals surface area contributed by atoms with Crippen LogP contribution in [0.1, 0.15) is 55.8 Å². The molecule has 270 valence electrons. The molecule has 0 spiro atoms. The van der Waals surface area contributed by atoms with Gasteiger partial charge in [0.2, 0.25) is 5.91 Å². The number of aliphatic hydroxyl groups excluding tert-OH is 1. The number of rotatable bonds is 14. The van der Waals surface area contributed by atoms with Gasteiger partial charge >= 0.3 is 28.8 Å². The standard InChI is InChI=1S/C28H38N4O4S.C4F6O2/c33-23-12-11-21(27-26(23)31-28(36)37-27)13-15-29-17-18-32(22-9-5-2-6-10-22)25(35)14-16-30-19-24(34)20-7-3-1-4-8-20;5-3(6,7)1(11)2(12)4(8,9)10/h1,3-4,7-8,11-12,22,24,29-30,33-34H,2,5-6,9-10,13-19H2,(H,31,36);/t24-;/m1./s1. The molecule has 1 aromatic heterocycles. The zero-order chi connectivity index (χ0) is 36.2. The van der Waals surface area contributed by atoms with Crippen molar-refractivity contribution in [3.8, 4) is 5.75 Å². The van der Waals surface area contributed by atoms with E-state index in [4.69, 9.17) is 0 Å².